The number of sulfonamides is 1. The van der Waals surface area contributed by atoms with Gasteiger partial charge in [0.15, 0.2) is 5.78 Å². The largest absolute Gasteiger partial charge is 0.497 e. The van der Waals surface area contributed by atoms with Crippen molar-refractivity contribution in [3.63, 3.8) is 0 Å². The second-order valence-electron chi connectivity index (χ2n) is 20.8. The lowest BCUT2D eigenvalue weighted by molar-refractivity contribution is -0.145. The molecular formula is C50H66N4O9S. The first kappa shape index (κ1) is 47.1. The lowest BCUT2D eigenvalue weighted by Crippen LogP contribution is -2.48. The summed E-state index contributed by atoms with van der Waals surface area (Å²) >= 11 is 0. The summed E-state index contributed by atoms with van der Waals surface area (Å²) in [4.78, 5) is 69.1. The third-order valence-electron chi connectivity index (χ3n) is 13.6. The van der Waals surface area contributed by atoms with Crippen molar-refractivity contribution >= 4 is 44.2 Å². The number of ether oxygens (including phenoxy) is 3. The number of amides is 2. The van der Waals surface area contributed by atoms with E-state index in [0.717, 1.165) is 23.8 Å². The molecule has 346 valence electrons. The average molecular weight is 899 g/mol. The monoisotopic (exact) mass is 898 g/mol. The van der Waals surface area contributed by atoms with E-state index in [0.29, 0.717) is 60.7 Å². The van der Waals surface area contributed by atoms with E-state index < -0.39 is 44.2 Å². The third kappa shape index (κ3) is 10.5. The van der Waals surface area contributed by atoms with Gasteiger partial charge in [-0.1, -0.05) is 46.8 Å². The van der Waals surface area contributed by atoms with Gasteiger partial charge in [0.05, 0.1) is 41.7 Å². The smallest absolute Gasteiger partial charge is 0.240 e. The van der Waals surface area contributed by atoms with Crippen LogP contribution >= 0.6 is 0 Å². The van der Waals surface area contributed by atoms with E-state index in [1.807, 2.05) is 84.0 Å². The minimum atomic E-state index is -3.97. The maximum Gasteiger partial charge on any atom is 0.240 e. The fourth-order valence-electron chi connectivity index (χ4n) is 9.56. The van der Waals surface area contributed by atoms with Gasteiger partial charge in [-0.15, -0.1) is 0 Å². The minimum Gasteiger partial charge on any atom is -0.497 e. The van der Waals surface area contributed by atoms with Gasteiger partial charge in [-0.2, -0.15) is 0 Å². The molecule has 3 fully saturated rings. The molecule has 1 saturated heterocycles. The number of hydrogen-bond donors (Lipinski definition) is 1. The lowest BCUT2D eigenvalue weighted by atomic mass is 9.79. The molecule has 2 aliphatic carbocycles. The molecule has 3 aromatic rings. The van der Waals surface area contributed by atoms with Gasteiger partial charge in [0.2, 0.25) is 33.6 Å². The van der Waals surface area contributed by atoms with Crippen LogP contribution in [0.5, 0.6) is 17.5 Å². The zero-order chi connectivity index (χ0) is 46.4. The van der Waals surface area contributed by atoms with Gasteiger partial charge in [-0.05, 0) is 118 Å². The van der Waals surface area contributed by atoms with Crippen LogP contribution in [-0.2, 0) is 29.2 Å². The molecular weight excluding hydrogens is 833 g/mol. The number of pyridine rings is 2. The average Bonchev–Trinajstić information content (AvgIpc) is 4.10. The number of carbonyl (C=O) groups excluding carboxylic acids is 4. The van der Waals surface area contributed by atoms with Crippen LogP contribution < -0.4 is 18.9 Å². The van der Waals surface area contributed by atoms with Crippen LogP contribution in [0.2, 0.25) is 0 Å². The SMILES string of the molecule is COc1ccc2c(O[C@@H]3C[C@H]4C(=O)C[C@]5(C(=O)NS(=O)(=O)C6(C)CC6)C[C@H]5/C=C\CC[C@H](C)C[C@@H](C)[C@H](CC(=O)CC(C)(C)C)C(=O)N4C3)nc(-c3ccc(OC(C)C)nc3)cc2c1. The molecule has 2 aromatic heterocycles. The summed E-state index contributed by atoms with van der Waals surface area (Å²) in [6.07, 6.45) is 8.65. The Kier molecular flexibility index (Phi) is 13.4. The summed E-state index contributed by atoms with van der Waals surface area (Å²) in [6.45, 7) is 15.7. The molecule has 2 aliphatic heterocycles. The van der Waals surface area contributed by atoms with Crippen molar-refractivity contribution in [2.24, 2.45) is 34.5 Å². The first-order valence-electron chi connectivity index (χ1n) is 23.0. The Labute approximate surface area is 378 Å². The van der Waals surface area contributed by atoms with Crippen LogP contribution in [0.1, 0.15) is 120 Å². The first-order chi connectivity index (χ1) is 30.1. The van der Waals surface area contributed by atoms with Crippen molar-refractivity contribution in [1.29, 1.82) is 0 Å². The summed E-state index contributed by atoms with van der Waals surface area (Å²) in [7, 11) is -2.38. The fourth-order valence-corrected chi connectivity index (χ4v) is 10.9. The van der Waals surface area contributed by atoms with Crippen LogP contribution in [0.15, 0.2) is 54.7 Å². The summed E-state index contributed by atoms with van der Waals surface area (Å²) in [6, 6.07) is 10.2. The number of aromatic nitrogens is 2. The number of nitrogens with one attached hydrogen (secondary N) is 1. The van der Waals surface area contributed by atoms with Crippen LogP contribution in [0.4, 0.5) is 0 Å². The van der Waals surface area contributed by atoms with Crippen LogP contribution in [-0.4, -0.2) is 83.3 Å². The van der Waals surface area contributed by atoms with Crippen molar-refractivity contribution in [3.8, 4) is 28.8 Å². The zero-order valence-electron chi connectivity index (χ0n) is 38.9. The number of benzene rings is 1. The Bertz CT molecular complexity index is 2400. The van der Waals surface area contributed by atoms with E-state index in [2.05, 4.69) is 16.6 Å². The van der Waals surface area contributed by atoms with E-state index in [1.54, 1.807) is 31.2 Å². The highest BCUT2D eigenvalue weighted by Crippen LogP contribution is 2.58. The van der Waals surface area contributed by atoms with Crippen LogP contribution in [0.25, 0.3) is 22.0 Å². The number of methoxy groups -OCH3 is 1. The number of ketones is 2. The van der Waals surface area contributed by atoms with E-state index in [-0.39, 0.29) is 72.6 Å². The number of Topliss-reactive ketones (excluding diaryl/α,β-unsaturated/α-hetero) is 2. The summed E-state index contributed by atoms with van der Waals surface area (Å²) < 4.78 is 46.2. The molecule has 0 radical (unpaired) electrons. The van der Waals surface area contributed by atoms with Crippen molar-refractivity contribution < 1.29 is 41.8 Å². The molecule has 0 unspecified atom stereocenters. The number of hydrogen-bond acceptors (Lipinski definition) is 11. The number of rotatable bonds is 12. The molecule has 2 saturated carbocycles. The molecule has 4 heterocycles. The summed E-state index contributed by atoms with van der Waals surface area (Å²) in [5.41, 5.74) is -0.260. The predicted octanol–water partition coefficient (Wildman–Crippen LogP) is 8.43. The third-order valence-corrected chi connectivity index (χ3v) is 15.8. The van der Waals surface area contributed by atoms with Crippen LogP contribution in [0, 0.1) is 34.5 Å². The topological polar surface area (TPSA) is 171 Å². The number of allylic oxidation sites excluding steroid dienone is 2. The van der Waals surface area contributed by atoms with Crippen molar-refractivity contribution in [2.45, 2.75) is 143 Å². The maximum absolute atomic E-state index is 15.2. The molecule has 0 spiro atoms. The number of nitrogens with zero attached hydrogens (tertiary/aromatic N) is 3. The molecule has 14 heteroatoms. The number of fused-ring (bicyclic) bond motifs is 3. The van der Waals surface area contributed by atoms with Crippen molar-refractivity contribution in [3.05, 3.63) is 54.7 Å². The quantitative estimate of drug-likeness (QED) is 0.173. The van der Waals surface area contributed by atoms with Gasteiger partial charge in [0, 0.05) is 54.8 Å². The molecule has 1 N–H and O–H groups in total. The van der Waals surface area contributed by atoms with Gasteiger partial charge in [-0.3, -0.25) is 23.9 Å². The molecule has 7 rings (SSSR count). The zero-order valence-corrected chi connectivity index (χ0v) is 39.8. The van der Waals surface area contributed by atoms with E-state index >= 15 is 4.79 Å². The molecule has 13 nitrogen and oxygen atoms in total. The highest BCUT2D eigenvalue weighted by Gasteiger charge is 2.62. The Morgan fingerprint density at radius 2 is 1.80 bits per heavy atom. The van der Waals surface area contributed by atoms with Crippen molar-refractivity contribution in [2.75, 3.05) is 13.7 Å². The van der Waals surface area contributed by atoms with E-state index in [4.69, 9.17) is 19.2 Å². The van der Waals surface area contributed by atoms with Gasteiger partial charge in [-0.25, -0.2) is 18.4 Å². The number of carbonyl (C=O) groups is 4. The Balaban J connectivity index is 1.26. The predicted molar refractivity (Wildman–Crippen MR) is 245 cm³/mol. The summed E-state index contributed by atoms with van der Waals surface area (Å²) in [5.74, 6) is -0.876. The molecule has 1 aromatic carbocycles. The Morgan fingerprint density at radius 3 is 2.45 bits per heavy atom. The summed E-state index contributed by atoms with van der Waals surface area (Å²) in [5, 5.41) is 1.49. The van der Waals surface area contributed by atoms with Gasteiger partial charge < -0.3 is 19.1 Å². The highest BCUT2D eigenvalue weighted by molar-refractivity contribution is 7.91. The highest BCUT2D eigenvalue weighted by atomic mass is 32.2. The van der Waals surface area contributed by atoms with E-state index in [1.165, 1.54) is 0 Å². The Hall–Kier alpha value is -4.85. The minimum absolute atomic E-state index is 0.00991. The molecule has 4 aliphatic rings. The second kappa shape index (κ2) is 18.2. The standard InChI is InChI=1S/C50H66N4O9S/c1-30(2)62-44-17-14-33(28-51-44)41-22-34-21-37(61-9)15-16-39(34)45(52-41)63-38-24-42-43(56)27-50(47(58)53-64(59,60)49(8)18-19-49)25-35(50)13-11-10-12-31(3)20-32(4)40(46(57)54(42)29-38)23-36(55)26-48(5,6)7/h11,13-17,21-22,28,30-32,35,38,40,42H,10,12,18-20,23-27,29H2,1-9H3,(H,53,58)/b13-11-/t31-,32+,35+,38+,40-,42-,50+/m0/s1. The first-order valence-corrected chi connectivity index (χ1v) is 24.5. The van der Waals surface area contributed by atoms with E-state index in [9.17, 15) is 22.8 Å². The van der Waals surface area contributed by atoms with Gasteiger partial charge >= 0.3 is 0 Å². The van der Waals surface area contributed by atoms with Gasteiger partial charge in [0.1, 0.15) is 17.6 Å². The maximum atomic E-state index is 15.2. The molecule has 7 atom stereocenters. The molecule has 0 bridgehead atoms. The Morgan fingerprint density at radius 1 is 1.05 bits per heavy atom. The fraction of sp³-hybridized carbons (Fsp3) is 0.600. The lowest BCUT2D eigenvalue weighted by Gasteiger charge is -2.32. The molecule has 2 amide bonds. The van der Waals surface area contributed by atoms with Crippen molar-refractivity contribution in [1.82, 2.24) is 19.6 Å². The van der Waals surface area contributed by atoms with Gasteiger partial charge in [0.25, 0.3) is 0 Å². The normalized spacial score (nSPS) is 27.8. The second-order valence-corrected chi connectivity index (χ2v) is 23.0. The van der Waals surface area contributed by atoms with Crippen LogP contribution in [0.3, 0.4) is 0 Å². The molecule has 64 heavy (non-hydrogen) atoms.